The van der Waals surface area contributed by atoms with Gasteiger partial charge in [-0.1, -0.05) is 25.0 Å². The van der Waals surface area contributed by atoms with Gasteiger partial charge in [0.25, 0.3) is 0 Å². The molecule has 0 fully saturated rings. The van der Waals surface area contributed by atoms with Crippen molar-refractivity contribution in [3.63, 3.8) is 0 Å². The molecule has 0 radical (unpaired) electrons. The molecule has 2 aliphatic rings. The van der Waals surface area contributed by atoms with E-state index in [1.54, 1.807) is 25.4 Å². The molecule has 4 aromatic rings. The maximum absolute atomic E-state index is 13.6. The summed E-state index contributed by atoms with van der Waals surface area (Å²) in [5.74, 6) is 1.63. The van der Waals surface area contributed by atoms with Crippen LogP contribution in [0.2, 0.25) is 0 Å². The third-order valence-electron chi connectivity index (χ3n) is 6.90. The number of ketones is 2. The Morgan fingerprint density at radius 2 is 1.76 bits per heavy atom. The molecule has 0 saturated carbocycles. The maximum atomic E-state index is 13.6. The van der Waals surface area contributed by atoms with Crippen molar-refractivity contribution in [3.8, 4) is 33.1 Å². The Morgan fingerprint density at radius 3 is 2.55 bits per heavy atom. The summed E-state index contributed by atoms with van der Waals surface area (Å²) in [6.45, 7) is 2.75. The molecule has 0 spiro atoms. The molecule has 2 aliphatic heterocycles. The van der Waals surface area contributed by atoms with Crippen molar-refractivity contribution in [3.05, 3.63) is 71.8 Å². The Morgan fingerprint density at radius 1 is 0.947 bits per heavy atom. The molecule has 38 heavy (non-hydrogen) atoms. The second-order valence-electron chi connectivity index (χ2n) is 9.50. The first-order valence-corrected chi connectivity index (χ1v) is 13.9. The van der Waals surface area contributed by atoms with Crippen molar-refractivity contribution >= 4 is 39.2 Å². The monoisotopic (exact) mass is 525 g/mol. The van der Waals surface area contributed by atoms with Crippen LogP contribution in [0.3, 0.4) is 0 Å². The van der Waals surface area contributed by atoms with Crippen LogP contribution < -0.4 is 9.47 Å². The molecule has 3 heterocycles. The van der Waals surface area contributed by atoms with Crippen LogP contribution in [0.15, 0.2) is 65.7 Å². The molecule has 2 bridgehead atoms. The fraction of sp³-hybridized carbons (Fsp3) is 0.281. The van der Waals surface area contributed by atoms with E-state index in [1.807, 2.05) is 66.9 Å². The highest BCUT2D eigenvalue weighted by atomic mass is 32.1. The van der Waals surface area contributed by atoms with E-state index < -0.39 is 0 Å². The lowest BCUT2D eigenvalue weighted by molar-refractivity contribution is 0.0978. The van der Waals surface area contributed by atoms with E-state index >= 15 is 0 Å². The minimum Gasteiger partial charge on any atom is -0.497 e. The fourth-order valence-electron chi connectivity index (χ4n) is 4.85. The van der Waals surface area contributed by atoms with Crippen LogP contribution in [0.5, 0.6) is 11.5 Å². The summed E-state index contributed by atoms with van der Waals surface area (Å²) in [5, 5.41) is 1.01. The average molecular weight is 526 g/mol. The van der Waals surface area contributed by atoms with Gasteiger partial charge >= 0.3 is 0 Å². The van der Waals surface area contributed by atoms with Gasteiger partial charge < -0.3 is 9.47 Å². The number of ether oxygens (including phenoxy) is 2. The molecule has 5 nitrogen and oxygen atoms in total. The van der Waals surface area contributed by atoms with Crippen molar-refractivity contribution in [2.24, 2.45) is 4.99 Å². The molecule has 1 aromatic heterocycles. The molecular weight excluding hydrogens is 494 g/mol. The first-order chi connectivity index (χ1) is 18.5. The first kappa shape index (κ1) is 25.9. The number of thiophene rings is 1. The van der Waals surface area contributed by atoms with Gasteiger partial charge in [-0.3, -0.25) is 14.6 Å². The lowest BCUT2D eigenvalue weighted by atomic mass is 9.91. The summed E-state index contributed by atoms with van der Waals surface area (Å²) in [6.07, 6.45) is 6.28. The van der Waals surface area contributed by atoms with Gasteiger partial charge in [0.15, 0.2) is 11.6 Å². The molecule has 0 saturated heterocycles. The Bertz CT molecular complexity index is 1500. The van der Waals surface area contributed by atoms with Crippen LogP contribution in [0.25, 0.3) is 31.7 Å². The number of nitrogens with zero attached hydrogens (tertiary/aromatic N) is 1. The van der Waals surface area contributed by atoms with Crippen molar-refractivity contribution in [2.45, 2.75) is 39.0 Å². The zero-order valence-electron chi connectivity index (χ0n) is 21.8. The largest absolute Gasteiger partial charge is 0.497 e. The van der Waals surface area contributed by atoms with E-state index in [9.17, 15) is 9.59 Å². The molecule has 0 amide bonds. The lowest BCUT2D eigenvalue weighted by Gasteiger charge is -2.14. The third kappa shape index (κ3) is 5.55. The van der Waals surface area contributed by atoms with Gasteiger partial charge in [-0.05, 0) is 79.4 Å². The Hall–Kier alpha value is -3.77. The van der Waals surface area contributed by atoms with E-state index in [0.29, 0.717) is 29.9 Å². The van der Waals surface area contributed by atoms with E-state index in [2.05, 4.69) is 4.99 Å². The molecule has 194 valence electrons. The molecule has 0 aliphatic carbocycles. The molecule has 6 heteroatoms. The minimum absolute atomic E-state index is 0.0261. The van der Waals surface area contributed by atoms with Crippen molar-refractivity contribution in [2.75, 3.05) is 20.3 Å². The van der Waals surface area contributed by atoms with Crippen LogP contribution in [0.4, 0.5) is 0 Å². The zero-order chi connectivity index (χ0) is 26.5. The summed E-state index contributed by atoms with van der Waals surface area (Å²) in [4.78, 5) is 31.2. The average Bonchev–Trinajstić information content (AvgIpc) is 3.31. The number of aliphatic imine (C=N–C) groups is 1. The van der Waals surface area contributed by atoms with Gasteiger partial charge in [-0.25, -0.2) is 0 Å². The van der Waals surface area contributed by atoms with Gasteiger partial charge in [-0.2, -0.15) is 0 Å². The number of hydrogen-bond acceptors (Lipinski definition) is 6. The summed E-state index contributed by atoms with van der Waals surface area (Å²) >= 11 is 1.63. The van der Waals surface area contributed by atoms with E-state index in [-0.39, 0.29) is 11.6 Å². The van der Waals surface area contributed by atoms with Crippen molar-refractivity contribution in [1.82, 2.24) is 0 Å². The van der Waals surface area contributed by atoms with E-state index in [4.69, 9.17) is 9.47 Å². The zero-order valence-corrected chi connectivity index (χ0v) is 22.6. The summed E-state index contributed by atoms with van der Waals surface area (Å²) < 4.78 is 12.4. The molecule has 6 rings (SSSR count). The number of rotatable bonds is 4. The molecule has 3 aromatic carbocycles. The summed E-state index contributed by atoms with van der Waals surface area (Å²) in [6, 6.07) is 19.5. The van der Waals surface area contributed by atoms with Gasteiger partial charge in [0.2, 0.25) is 0 Å². The number of carbonyl (C=O) groups excluding carboxylic acids is 2. The second-order valence-corrected chi connectivity index (χ2v) is 10.5. The predicted octanol–water partition coefficient (Wildman–Crippen LogP) is 8.04. The highest BCUT2D eigenvalue weighted by molar-refractivity contribution is 7.23. The molecular formula is C32H31NO4S. The Labute approximate surface area is 227 Å². The normalized spacial score (nSPS) is 14.6. The molecule has 0 N–H and O–H groups in total. The predicted molar refractivity (Wildman–Crippen MR) is 156 cm³/mol. The summed E-state index contributed by atoms with van der Waals surface area (Å²) in [5.41, 5.74) is 4.23. The number of hydrogen-bond donors (Lipinski definition) is 0. The maximum Gasteiger partial charge on any atom is 0.163 e. The van der Waals surface area contributed by atoms with Gasteiger partial charge in [0, 0.05) is 50.8 Å². The SMILES string of the molecule is COc1ccc(-c2sc3cc(C(C)=O)ccc3c2-c2cc3ccc2C(=O)CCCCCCN=CCO3)cc1. The standard InChI is InChI=1S/C32H31NO4S/c1-21(34)23-10-14-27-30(19-23)38-32(22-8-11-24(36-2)12-9-22)31(27)28-20-25-13-15-26(28)29(35)7-5-3-4-6-16-33-17-18-37-25/h8-15,17,19-20H,3-7,16,18H2,1-2H3. The van der Waals surface area contributed by atoms with E-state index in [0.717, 1.165) is 69.6 Å². The fourth-order valence-corrected chi connectivity index (χ4v) is 6.11. The highest BCUT2D eigenvalue weighted by Crippen LogP contribution is 2.47. The smallest absolute Gasteiger partial charge is 0.163 e. The number of Topliss-reactive ketones (excluding diaryl/α,β-unsaturated/α-hetero) is 2. The molecule has 0 atom stereocenters. The first-order valence-electron chi connectivity index (χ1n) is 13.1. The van der Waals surface area contributed by atoms with Crippen LogP contribution in [0, 0.1) is 0 Å². The van der Waals surface area contributed by atoms with Crippen LogP contribution in [-0.4, -0.2) is 38.0 Å². The quantitative estimate of drug-likeness (QED) is 0.253. The van der Waals surface area contributed by atoms with Crippen molar-refractivity contribution in [1.29, 1.82) is 0 Å². The summed E-state index contributed by atoms with van der Waals surface area (Å²) in [7, 11) is 1.65. The van der Waals surface area contributed by atoms with Gasteiger partial charge in [0.1, 0.15) is 18.1 Å². The third-order valence-corrected chi connectivity index (χ3v) is 8.11. The second kappa shape index (κ2) is 11.7. The van der Waals surface area contributed by atoms with Crippen LogP contribution in [-0.2, 0) is 0 Å². The van der Waals surface area contributed by atoms with Gasteiger partial charge in [0.05, 0.1) is 7.11 Å². The van der Waals surface area contributed by atoms with Crippen LogP contribution >= 0.6 is 11.3 Å². The molecule has 0 unspecified atom stereocenters. The number of methoxy groups -OCH3 is 1. The lowest BCUT2D eigenvalue weighted by Crippen LogP contribution is -2.04. The number of fused-ring (bicyclic) bond motifs is 12. The van der Waals surface area contributed by atoms with Gasteiger partial charge in [-0.15, -0.1) is 11.3 Å². The van der Waals surface area contributed by atoms with Crippen molar-refractivity contribution < 1.29 is 19.1 Å². The van der Waals surface area contributed by atoms with Crippen LogP contribution in [0.1, 0.15) is 59.7 Å². The topological polar surface area (TPSA) is 65.0 Å². The Kier molecular flexibility index (Phi) is 7.99. The highest BCUT2D eigenvalue weighted by Gasteiger charge is 2.22. The number of benzene rings is 3. The minimum atomic E-state index is 0.0261. The Balaban J connectivity index is 1.72. The number of carbonyl (C=O) groups is 2. The van der Waals surface area contributed by atoms with E-state index in [1.165, 1.54) is 0 Å².